The molecule has 1 aromatic heterocycles. The molecule has 2 amide bonds. The standard InChI is InChI=1S/C18H25N5O3S/c1-12(24)22-15(7-10-27-2)17(25)23-13-3-5-14(6-4-13)26-18-16(11-19)20-8-9-21-18/h8-9,13-15H,3-7,10H2,1-2H3,(H,22,24)(H,23,25)/t13?,14?,15-/m1/s1. The maximum atomic E-state index is 12.5. The van der Waals surface area contributed by atoms with Crippen LogP contribution >= 0.6 is 11.8 Å². The van der Waals surface area contributed by atoms with Gasteiger partial charge in [-0.25, -0.2) is 9.97 Å². The number of carbonyl (C=O) groups excluding carboxylic acids is 2. The minimum Gasteiger partial charge on any atom is -0.472 e. The summed E-state index contributed by atoms with van der Waals surface area (Å²) in [6, 6.07) is 1.53. The molecule has 27 heavy (non-hydrogen) atoms. The fourth-order valence-corrected chi connectivity index (χ4v) is 3.49. The molecule has 0 aromatic carbocycles. The van der Waals surface area contributed by atoms with Crippen molar-refractivity contribution in [1.82, 2.24) is 20.6 Å². The molecule has 0 radical (unpaired) electrons. The molecule has 0 spiro atoms. The number of thioether (sulfide) groups is 1. The number of nitrogens with zero attached hydrogens (tertiary/aromatic N) is 3. The molecule has 8 nitrogen and oxygen atoms in total. The van der Waals surface area contributed by atoms with Gasteiger partial charge in [0.2, 0.25) is 17.5 Å². The molecule has 1 fully saturated rings. The van der Waals surface area contributed by atoms with Crippen LogP contribution in [0, 0.1) is 11.3 Å². The van der Waals surface area contributed by atoms with Crippen molar-refractivity contribution < 1.29 is 14.3 Å². The average molecular weight is 391 g/mol. The van der Waals surface area contributed by atoms with E-state index in [1.165, 1.54) is 19.3 Å². The minimum absolute atomic E-state index is 0.0513. The Hall–Kier alpha value is -2.34. The third-order valence-electron chi connectivity index (χ3n) is 4.37. The SMILES string of the molecule is CSCC[C@@H](NC(C)=O)C(=O)NC1CCC(Oc2nccnc2C#N)CC1. The largest absolute Gasteiger partial charge is 0.472 e. The molecule has 1 atom stereocenters. The van der Waals surface area contributed by atoms with E-state index in [0.29, 0.717) is 6.42 Å². The molecule has 0 unspecified atom stereocenters. The van der Waals surface area contributed by atoms with Gasteiger partial charge in [0.05, 0.1) is 0 Å². The molecule has 1 aliphatic carbocycles. The first-order chi connectivity index (χ1) is 13.0. The normalized spacial score (nSPS) is 20.2. The predicted molar refractivity (Wildman–Crippen MR) is 102 cm³/mol. The third-order valence-corrected chi connectivity index (χ3v) is 5.02. The molecule has 2 rings (SSSR count). The third kappa shape index (κ3) is 6.71. The van der Waals surface area contributed by atoms with E-state index in [1.54, 1.807) is 11.8 Å². The minimum atomic E-state index is -0.498. The molecular weight excluding hydrogens is 366 g/mol. The summed E-state index contributed by atoms with van der Waals surface area (Å²) in [5.41, 5.74) is 0.180. The van der Waals surface area contributed by atoms with Crippen molar-refractivity contribution >= 4 is 23.6 Å². The van der Waals surface area contributed by atoms with Crippen LogP contribution in [0.3, 0.4) is 0 Å². The quantitative estimate of drug-likeness (QED) is 0.688. The van der Waals surface area contributed by atoms with Crippen LogP contribution in [0.15, 0.2) is 12.4 Å². The molecule has 2 N–H and O–H groups in total. The van der Waals surface area contributed by atoms with Crippen molar-refractivity contribution in [2.24, 2.45) is 0 Å². The highest BCUT2D eigenvalue weighted by Crippen LogP contribution is 2.24. The van der Waals surface area contributed by atoms with E-state index < -0.39 is 6.04 Å². The Morgan fingerprint density at radius 2 is 2.04 bits per heavy atom. The summed E-state index contributed by atoms with van der Waals surface area (Å²) in [5, 5.41) is 14.8. The fraction of sp³-hybridized carbons (Fsp3) is 0.611. The molecular formula is C18H25N5O3S. The van der Waals surface area contributed by atoms with Crippen molar-refractivity contribution in [3.8, 4) is 11.9 Å². The maximum Gasteiger partial charge on any atom is 0.251 e. The lowest BCUT2D eigenvalue weighted by Crippen LogP contribution is -2.50. The molecule has 146 valence electrons. The molecule has 1 saturated carbocycles. The topological polar surface area (TPSA) is 117 Å². The number of amides is 2. The van der Waals surface area contributed by atoms with Gasteiger partial charge in [0.15, 0.2) is 0 Å². The van der Waals surface area contributed by atoms with Crippen LogP contribution in [0.2, 0.25) is 0 Å². The van der Waals surface area contributed by atoms with E-state index in [0.717, 1.165) is 31.4 Å². The van der Waals surface area contributed by atoms with E-state index >= 15 is 0 Å². The molecule has 0 bridgehead atoms. The lowest BCUT2D eigenvalue weighted by atomic mass is 9.92. The summed E-state index contributed by atoms with van der Waals surface area (Å²) in [4.78, 5) is 31.8. The van der Waals surface area contributed by atoms with Gasteiger partial charge < -0.3 is 15.4 Å². The highest BCUT2D eigenvalue weighted by molar-refractivity contribution is 7.98. The van der Waals surface area contributed by atoms with Crippen LogP contribution in [-0.4, -0.2) is 52.0 Å². The number of rotatable bonds is 8. The zero-order valence-corrected chi connectivity index (χ0v) is 16.4. The Morgan fingerprint density at radius 1 is 1.33 bits per heavy atom. The molecule has 0 saturated heterocycles. The summed E-state index contributed by atoms with van der Waals surface area (Å²) in [5.74, 6) is 0.725. The van der Waals surface area contributed by atoms with Crippen LogP contribution in [0.1, 0.15) is 44.7 Å². The highest BCUT2D eigenvalue weighted by Gasteiger charge is 2.27. The zero-order chi connectivity index (χ0) is 19.6. The molecule has 1 aliphatic rings. The number of hydrogen-bond acceptors (Lipinski definition) is 7. The Bertz CT molecular complexity index is 686. The second-order valence-electron chi connectivity index (χ2n) is 6.46. The summed E-state index contributed by atoms with van der Waals surface area (Å²) in [6.45, 7) is 1.42. The van der Waals surface area contributed by atoms with Crippen LogP contribution in [0.5, 0.6) is 5.88 Å². The van der Waals surface area contributed by atoms with Crippen LogP contribution in [0.25, 0.3) is 0 Å². The van der Waals surface area contributed by atoms with Gasteiger partial charge in [0, 0.05) is 25.4 Å². The lowest BCUT2D eigenvalue weighted by Gasteiger charge is -2.30. The first kappa shape index (κ1) is 21.0. The van der Waals surface area contributed by atoms with Crippen molar-refractivity contribution in [2.75, 3.05) is 12.0 Å². The van der Waals surface area contributed by atoms with Crippen LogP contribution in [-0.2, 0) is 9.59 Å². The van der Waals surface area contributed by atoms with Gasteiger partial charge in [-0.15, -0.1) is 0 Å². The predicted octanol–water partition coefficient (Wildman–Crippen LogP) is 1.41. The summed E-state index contributed by atoms with van der Waals surface area (Å²) < 4.78 is 5.82. The second-order valence-corrected chi connectivity index (χ2v) is 7.44. The molecule has 0 aliphatic heterocycles. The van der Waals surface area contributed by atoms with Crippen LogP contribution < -0.4 is 15.4 Å². The van der Waals surface area contributed by atoms with Gasteiger partial charge in [0.25, 0.3) is 5.88 Å². The van der Waals surface area contributed by atoms with Gasteiger partial charge in [-0.05, 0) is 44.1 Å². The Morgan fingerprint density at radius 3 is 2.67 bits per heavy atom. The first-order valence-corrected chi connectivity index (χ1v) is 10.4. The van der Waals surface area contributed by atoms with Crippen molar-refractivity contribution in [1.29, 1.82) is 5.26 Å². The number of aromatic nitrogens is 2. The smallest absolute Gasteiger partial charge is 0.251 e. The fourth-order valence-electron chi connectivity index (χ4n) is 3.02. The van der Waals surface area contributed by atoms with E-state index in [4.69, 9.17) is 10.00 Å². The van der Waals surface area contributed by atoms with E-state index in [2.05, 4.69) is 20.6 Å². The van der Waals surface area contributed by atoms with Crippen molar-refractivity contribution in [2.45, 2.75) is 57.2 Å². The number of carbonyl (C=O) groups is 2. The molecule has 1 aromatic rings. The van der Waals surface area contributed by atoms with Gasteiger partial charge >= 0.3 is 0 Å². The van der Waals surface area contributed by atoms with Gasteiger partial charge in [-0.1, -0.05) is 0 Å². The molecule has 9 heteroatoms. The molecule has 1 heterocycles. The maximum absolute atomic E-state index is 12.5. The number of nitriles is 1. The Kier molecular flexibility index (Phi) is 8.33. The van der Waals surface area contributed by atoms with Crippen molar-refractivity contribution in [3.63, 3.8) is 0 Å². The average Bonchev–Trinajstić information content (AvgIpc) is 2.66. The Balaban J connectivity index is 1.83. The second kappa shape index (κ2) is 10.7. The highest BCUT2D eigenvalue weighted by atomic mass is 32.2. The van der Waals surface area contributed by atoms with Crippen molar-refractivity contribution in [3.05, 3.63) is 18.1 Å². The van der Waals surface area contributed by atoms with Gasteiger partial charge in [-0.2, -0.15) is 17.0 Å². The number of ether oxygens (including phenoxy) is 1. The zero-order valence-electron chi connectivity index (χ0n) is 15.6. The van der Waals surface area contributed by atoms with E-state index in [1.807, 2.05) is 12.3 Å². The summed E-state index contributed by atoms with van der Waals surface area (Å²) in [6.07, 6.45) is 8.53. The van der Waals surface area contributed by atoms with Crippen LogP contribution in [0.4, 0.5) is 0 Å². The summed E-state index contributed by atoms with van der Waals surface area (Å²) >= 11 is 1.64. The van der Waals surface area contributed by atoms with Gasteiger partial charge in [0.1, 0.15) is 18.2 Å². The number of hydrogen-bond donors (Lipinski definition) is 2. The monoisotopic (exact) mass is 391 g/mol. The van der Waals surface area contributed by atoms with E-state index in [9.17, 15) is 9.59 Å². The first-order valence-electron chi connectivity index (χ1n) is 8.97. The number of nitrogens with one attached hydrogen (secondary N) is 2. The van der Waals surface area contributed by atoms with E-state index in [-0.39, 0.29) is 35.5 Å². The summed E-state index contributed by atoms with van der Waals surface area (Å²) in [7, 11) is 0. The van der Waals surface area contributed by atoms with Gasteiger partial charge in [-0.3, -0.25) is 9.59 Å². The lowest BCUT2D eigenvalue weighted by molar-refractivity contribution is -0.128. The Labute approximate surface area is 163 Å².